The lowest BCUT2D eigenvalue weighted by atomic mass is 9.78. The zero-order chi connectivity index (χ0) is 14.9. The van der Waals surface area contributed by atoms with Crippen molar-refractivity contribution in [3.63, 3.8) is 0 Å². The van der Waals surface area contributed by atoms with E-state index in [4.69, 9.17) is 10.00 Å². The molecule has 0 bridgehead atoms. The Bertz CT molecular complexity index is 700. The minimum atomic E-state index is -0.688. The van der Waals surface area contributed by atoms with Crippen molar-refractivity contribution in [2.24, 2.45) is 0 Å². The predicted octanol–water partition coefficient (Wildman–Crippen LogP) is 3.50. The van der Waals surface area contributed by atoms with Crippen LogP contribution >= 0.6 is 0 Å². The lowest BCUT2D eigenvalue weighted by Crippen LogP contribution is -2.27. The van der Waals surface area contributed by atoms with Crippen molar-refractivity contribution in [1.82, 2.24) is 0 Å². The summed E-state index contributed by atoms with van der Waals surface area (Å²) in [7, 11) is 0. The number of esters is 1. The second-order valence-corrected chi connectivity index (χ2v) is 5.44. The molecule has 0 radical (unpaired) electrons. The second-order valence-electron chi connectivity index (χ2n) is 5.44. The molecule has 0 aliphatic carbocycles. The third-order valence-corrected chi connectivity index (χ3v) is 4.15. The van der Waals surface area contributed by atoms with E-state index in [1.807, 2.05) is 49.4 Å². The molecule has 3 rings (SSSR count). The molecule has 2 atom stereocenters. The topological polar surface area (TPSA) is 50.1 Å². The largest absolute Gasteiger partial charge is 0.454 e. The molecule has 1 aliphatic heterocycles. The predicted molar refractivity (Wildman–Crippen MR) is 78.4 cm³/mol. The molecule has 1 saturated heterocycles. The summed E-state index contributed by atoms with van der Waals surface area (Å²) < 4.78 is 5.65. The Balaban J connectivity index is 2.04. The van der Waals surface area contributed by atoms with Gasteiger partial charge in [0.15, 0.2) is 0 Å². The highest BCUT2D eigenvalue weighted by atomic mass is 16.6. The first kappa shape index (κ1) is 13.4. The van der Waals surface area contributed by atoms with Crippen molar-refractivity contribution < 1.29 is 9.53 Å². The number of hydrogen-bond donors (Lipinski definition) is 0. The minimum absolute atomic E-state index is 0.0147. The van der Waals surface area contributed by atoms with Gasteiger partial charge in [0.2, 0.25) is 0 Å². The van der Waals surface area contributed by atoms with E-state index in [9.17, 15) is 4.79 Å². The second kappa shape index (κ2) is 5.06. The van der Waals surface area contributed by atoms with Gasteiger partial charge in [0.05, 0.1) is 18.1 Å². The molecular weight excluding hydrogens is 262 g/mol. The number of nitrogens with zero attached hydrogens (tertiary/aromatic N) is 1. The van der Waals surface area contributed by atoms with Gasteiger partial charge < -0.3 is 4.74 Å². The van der Waals surface area contributed by atoms with Crippen LogP contribution in [0.15, 0.2) is 54.6 Å². The molecule has 0 amide bonds. The van der Waals surface area contributed by atoms with E-state index in [2.05, 4.69) is 6.07 Å². The van der Waals surface area contributed by atoms with Crippen LogP contribution < -0.4 is 0 Å². The van der Waals surface area contributed by atoms with Crippen LogP contribution in [-0.2, 0) is 15.1 Å². The normalized spacial score (nSPS) is 24.4. The number of carbonyl (C=O) groups is 1. The highest BCUT2D eigenvalue weighted by Crippen LogP contribution is 2.47. The minimum Gasteiger partial charge on any atom is -0.454 e. The summed E-state index contributed by atoms with van der Waals surface area (Å²) in [6.07, 6.45) is 0.376. The summed E-state index contributed by atoms with van der Waals surface area (Å²) >= 11 is 0. The first-order valence-electron chi connectivity index (χ1n) is 6.91. The Kier molecular flexibility index (Phi) is 3.23. The number of rotatable bonds is 2. The third-order valence-electron chi connectivity index (χ3n) is 4.15. The number of carbonyl (C=O) groups excluding carboxylic acids is 1. The molecule has 0 spiro atoms. The molecule has 1 fully saturated rings. The SMILES string of the molecule is CC1(c2ccc(C#N)cc2)OC(=O)CC1c1ccccc1. The van der Waals surface area contributed by atoms with Gasteiger partial charge in [-0.05, 0) is 30.2 Å². The van der Waals surface area contributed by atoms with Gasteiger partial charge in [-0.25, -0.2) is 0 Å². The molecule has 21 heavy (non-hydrogen) atoms. The summed E-state index contributed by atoms with van der Waals surface area (Å²) in [5.41, 5.74) is 1.92. The van der Waals surface area contributed by atoms with Crippen LogP contribution in [0.25, 0.3) is 0 Å². The smallest absolute Gasteiger partial charge is 0.307 e. The Morgan fingerprint density at radius 3 is 2.43 bits per heavy atom. The van der Waals surface area contributed by atoms with E-state index in [-0.39, 0.29) is 11.9 Å². The Labute approximate surface area is 123 Å². The molecular formula is C18H15NO2. The van der Waals surface area contributed by atoms with Gasteiger partial charge in [-0.3, -0.25) is 4.79 Å². The van der Waals surface area contributed by atoms with Crippen LogP contribution in [0.5, 0.6) is 0 Å². The lowest BCUT2D eigenvalue weighted by Gasteiger charge is -2.30. The number of hydrogen-bond acceptors (Lipinski definition) is 3. The Morgan fingerprint density at radius 1 is 1.14 bits per heavy atom. The first-order valence-corrected chi connectivity index (χ1v) is 6.91. The number of cyclic esters (lactones) is 1. The number of benzene rings is 2. The molecule has 2 aromatic carbocycles. The Hall–Kier alpha value is -2.60. The van der Waals surface area contributed by atoms with E-state index in [1.165, 1.54) is 0 Å². The maximum atomic E-state index is 11.9. The van der Waals surface area contributed by atoms with E-state index in [0.29, 0.717) is 12.0 Å². The fraction of sp³-hybridized carbons (Fsp3) is 0.222. The van der Waals surface area contributed by atoms with E-state index in [0.717, 1.165) is 11.1 Å². The van der Waals surface area contributed by atoms with Gasteiger partial charge in [-0.15, -0.1) is 0 Å². The molecule has 3 heteroatoms. The average Bonchev–Trinajstić information content (AvgIpc) is 2.84. The molecule has 0 saturated carbocycles. The zero-order valence-electron chi connectivity index (χ0n) is 11.7. The fourth-order valence-corrected chi connectivity index (χ4v) is 2.97. The number of ether oxygens (including phenoxy) is 1. The van der Waals surface area contributed by atoms with Crippen molar-refractivity contribution in [1.29, 1.82) is 5.26 Å². The fourth-order valence-electron chi connectivity index (χ4n) is 2.97. The average molecular weight is 277 g/mol. The van der Waals surface area contributed by atoms with Crippen molar-refractivity contribution in [3.8, 4) is 6.07 Å². The maximum Gasteiger partial charge on any atom is 0.307 e. The van der Waals surface area contributed by atoms with Crippen molar-refractivity contribution in [3.05, 3.63) is 71.3 Å². The first-order chi connectivity index (χ1) is 10.1. The number of nitriles is 1. The molecule has 3 nitrogen and oxygen atoms in total. The summed E-state index contributed by atoms with van der Waals surface area (Å²) in [6.45, 7) is 1.94. The van der Waals surface area contributed by atoms with Crippen molar-refractivity contribution in [2.45, 2.75) is 24.9 Å². The summed E-state index contributed by atoms with van der Waals surface area (Å²) in [5, 5.41) is 8.89. The quantitative estimate of drug-likeness (QED) is 0.789. The molecule has 1 aliphatic rings. The van der Waals surface area contributed by atoms with Gasteiger partial charge in [0.25, 0.3) is 0 Å². The standard InChI is InChI=1S/C18H15NO2/c1-18(15-9-7-13(12-19)8-10-15)16(11-17(20)21-18)14-5-3-2-4-6-14/h2-10,16H,11H2,1H3. The highest BCUT2D eigenvalue weighted by Gasteiger charge is 2.47. The van der Waals surface area contributed by atoms with E-state index in [1.54, 1.807) is 12.1 Å². The van der Waals surface area contributed by atoms with E-state index >= 15 is 0 Å². The monoisotopic (exact) mass is 277 g/mol. The van der Waals surface area contributed by atoms with Crippen LogP contribution in [0, 0.1) is 11.3 Å². The highest BCUT2D eigenvalue weighted by molar-refractivity contribution is 5.75. The van der Waals surface area contributed by atoms with Crippen molar-refractivity contribution >= 4 is 5.97 Å². The maximum absolute atomic E-state index is 11.9. The summed E-state index contributed by atoms with van der Waals surface area (Å²) in [4.78, 5) is 11.9. The van der Waals surface area contributed by atoms with Gasteiger partial charge in [-0.1, -0.05) is 42.5 Å². The van der Waals surface area contributed by atoms with Gasteiger partial charge in [0, 0.05) is 5.92 Å². The molecule has 0 N–H and O–H groups in total. The summed E-state index contributed by atoms with van der Waals surface area (Å²) in [6, 6.07) is 19.3. The van der Waals surface area contributed by atoms with Gasteiger partial charge in [0.1, 0.15) is 5.60 Å². The van der Waals surface area contributed by atoms with Crippen LogP contribution in [0.4, 0.5) is 0 Å². The zero-order valence-corrected chi connectivity index (χ0v) is 11.7. The molecule has 0 aromatic heterocycles. The van der Waals surface area contributed by atoms with E-state index < -0.39 is 5.60 Å². The van der Waals surface area contributed by atoms with Crippen LogP contribution in [0.1, 0.15) is 36.0 Å². The third kappa shape index (κ3) is 2.30. The van der Waals surface area contributed by atoms with Crippen molar-refractivity contribution in [2.75, 3.05) is 0 Å². The van der Waals surface area contributed by atoms with Gasteiger partial charge in [-0.2, -0.15) is 5.26 Å². The van der Waals surface area contributed by atoms with Crippen LogP contribution in [0.2, 0.25) is 0 Å². The summed E-state index contributed by atoms with van der Waals surface area (Å²) in [5.74, 6) is -0.199. The molecule has 2 aromatic rings. The van der Waals surface area contributed by atoms with Crippen LogP contribution in [-0.4, -0.2) is 5.97 Å². The molecule has 1 heterocycles. The lowest BCUT2D eigenvalue weighted by molar-refractivity contribution is -0.148. The molecule has 104 valence electrons. The van der Waals surface area contributed by atoms with Crippen LogP contribution in [0.3, 0.4) is 0 Å². The Morgan fingerprint density at radius 2 is 1.81 bits per heavy atom. The molecule has 2 unspecified atom stereocenters. The van der Waals surface area contributed by atoms with Gasteiger partial charge >= 0.3 is 5.97 Å².